The molecule has 132 valence electrons. The summed E-state index contributed by atoms with van der Waals surface area (Å²) in [6.07, 6.45) is -0.499. The van der Waals surface area contributed by atoms with Crippen molar-refractivity contribution in [2.75, 3.05) is 5.32 Å². The molecule has 0 aromatic heterocycles. The first-order valence-electron chi connectivity index (χ1n) is 7.88. The van der Waals surface area contributed by atoms with Crippen LogP contribution in [0.4, 0.5) is 16.2 Å². The maximum atomic E-state index is 11.7. The normalized spacial score (nSPS) is 18.1. The van der Waals surface area contributed by atoms with Crippen LogP contribution in [0.3, 0.4) is 0 Å². The summed E-state index contributed by atoms with van der Waals surface area (Å²) in [5.41, 5.74) is 1.09. The molecule has 0 saturated heterocycles. The zero-order valence-corrected chi connectivity index (χ0v) is 15.9. The zero-order chi connectivity index (χ0) is 18.3. The number of anilines is 1. The number of hydrogen-bond acceptors (Lipinski definition) is 5. The average molecular weight is 352 g/mol. The molecular formula is C16H24N2O5Si. The zero-order valence-electron chi connectivity index (χ0n) is 14.9. The van der Waals surface area contributed by atoms with E-state index in [1.165, 1.54) is 6.07 Å². The number of nitro benzene ring substituents is 1. The van der Waals surface area contributed by atoms with Crippen LogP contribution in [-0.2, 0) is 11.2 Å². The molecule has 8 heteroatoms. The number of hydrogen-bond donors (Lipinski definition) is 1. The Balaban J connectivity index is 2.52. The number of ether oxygens (including phenoxy) is 1. The predicted octanol–water partition coefficient (Wildman–Crippen LogP) is 4.47. The quantitative estimate of drug-likeness (QED) is 0.492. The lowest BCUT2D eigenvalue weighted by Crippen LogP contribution is -2.44. The van der Waals surface area contributed by atoms with Crippen LogP contribution in [0.15, 0.2) is 12.1 Å². The van der Waals surface area contributed by atoms with E-state index in [4.69, 9.17) is 9.16 Å². The summed E-state index contributed by atoms with van der Waals surface area (Å²) >= 11 is 0. The standard InChI is InChI=1S/C16H24N2O5Si/c1-10-7-11-8-13(18(20)21)14(9-12(11)17-15(19)22-10)23-24(5,6)16(2,3)4/h8-10H,7H2,1-6H3,(H,17,19). The fraction of sp³-hybridized carbons (Fsp3) is 0.562. The van der Waals surface area contributed by atoms with Crippen LogP contribution in [0.1, 0.15) is 33.3 Å². The van der Waals surface area contributed by atoms with E-state index in [1.807, 2.05) is 13.1 Å². The highest BCUT2D eigenvalue weighted by Gasteiger charge is 2.40. The van der Waals surface area contributed by atoms with Crippen molar-refractivity contribution in [1.29, 1.82) is 0 Å². The molecule has 7 nitrogen and oxygen atoms in total. The van der Waals surface area contributed by atoms with Crippen LogP contribution in [0.5, 0.6) is 5.75 Å². The van der Waals surface area contributed by atoms with Crippen molar-refractivity contribution in [3.63, 3.8) is 0 Å². The van der Waals surface area contributed by atoms with Gasteiger partial charge in [0.05, 0.1) is 10.6 Å². The van der Waals surface area contributed by atoms with E-state index >= 15 is 0 Å². The Morgan fingerprint density at radius 3 is 2.54 bits per heavy atom. The van der Waals surface area contributed by atoms with Crippen LogP contribution in [-0.4, -0.2) is 25.4 Å². The first kappa shape index (κ1) is 18.2. The number of rotatable bonds is 3. The van der Waals surface area contributed by atoms with Gasteiger partial charge >= 0.3 is 11.8 Å². The summed E-state index contributed by atoms with van der Waals surface area (Å²) in [6, 6.07) is 3.02. The highest BCUT2D eigenvalue weighted by atomic mass is 28.4. The molecule has 0 fully saturated rings. The molecule has 1 N–H and O–H groups in total. The second-order valence-electron chi connectivity index (χ2n) is 7.64. The Morgan fingerprint density at radius 1 is 1.38 bits per heavy atom. The fourth-order valence-corrected chi connectivity index (χ4v) is 3.24. The van der Waals surface area contributed by atoms with Gasteiger partial charge < -0.3 is 9.16 Å². The Morgan fingerprint density at radius 2 is 2.00 bits per heavy atom. The van der Waals surface area contributed by atoms with Gasteiger partial charge in [0.1, 0.15) is 6.10 Å². The molecule has 1 atom stereocenters. The minimum atomic E-state index is -2.26. The van der Waals surface area contributed by atoms with E-state index < -0.39 is 19.3 Å². The van der Waals surface area contributed by atoms with Crippen molar-refractivity contribution in [3.8, 4) is 5.75 Å². The second-order valence-corrected chi connectivity index (χ2v) is 12.4. The number of nitrogens with one attached hydrogen (secondary N) is 1. The van der Waals surface area contributed by atoms with Gasteiger partial charge in [0.2, 0.25) is 0 Å². The monoisotopic (exact) mass is 352 g/mol. The topological polar surface area (TPSA) is 90.7 Å². The van der Waals surface area contributed by atoms with Crippen molar-refractivity contribution in [2.24, 2.45) is 0 Å². The van der Waals surface area contributed by atoms with Crippen LogP contribution >= 0.6 is 0 Å². The summed E-state index contributed by atoms with van der Waals surface area (Å²) in [7, 11) is -2.26. The third-order valence-electron chi connectivity index (χ3n) is 4.61. The molecule has 0 spiro atoms. The summed E-state index contributed by atoms with van der Waals surface area (Å²) < 4.78 is 11.3. The summed E-state index contributed by atoms with van der Waals surface area (Å²) in [5.74, 6) is 0.195. The van der Waals surface area contributed by atoms with Gasteiger partial charge in [-0.1, -0.05) is 20.8 Å². The van der Waals surface area contributed by atoms with E-state index in [0.717, 1.165) is 0 Å². The highest BCUT2D eigenvalue weighted by molar-refractivity contribution is 6.74. The van der Waals surface area contributed by atoms with Crippen molar-refractivity contribution in [3.05, 3.63) is 27.8 Å². The number of carbonyl (C=O) groups is 1. The van der Waals surface area contributed by atoms with Gasteiger partial charge in [0.25, 0.3) is 8.32 Å². The van der Waals surface area contributed by atoms with Gasteiger partial charge in [-0.3, -0.25) is 15.4 Å². The maximum Gasteiger partial charge on any atom is 0.411 e. The first-order valence-corrected chi connectivity index (χ1v) is 10.8. The predicted molar refractivity (Wildman–Crippen MR) is 94.2 cm³/mol. The molecule has 1 aliphatic rings. The number of benzene rings is 1. The van der Waals surface area contributed by atoms with E-state index in [1.54, 1.807) is 13.0 Å². The molecule has 1 unspecified atom stereocenters. The smallest absolute Gasteiger partial charge is 0.411 e. The fourth-order valence-electron chi connectivity index (χ4n) is 2.22. The highest BCUT2D eigenvalue weighted by Crippen LogP contribution is 2.42. The lowest BCUT2D eigenvalue weighted by atomic mass is 10.1. The molecular weight excluding hydrogens is 328 g/mol. The third-order valence-corrected chi connectivity index (χ3v) is 8.95. The van der Waals surface area contributed by atoms with Crippen LogP contribution in [0.2, 0.25) is 18.1 Å². The van der Waals surface area contributed by atoms with Gasteiger partial charge in [0, 0.05) is 18.6 Å². The average Bonchev–Trinajstić information content (AvgIpc) is 2.52. The number of amides is 1. The SMILES string of the molecule is CC1Cc2cc([N+](=O)[O-])c(O[Si](C)(C)C(C)(C)C)cc2NC(=O)O1. The number of nitrogens with zero attached hydrogens (tertiary/aromatic N) is 1. The van der Waals surface area contributed by atoms with E-state index in [9.17, 15) is 14.9 Å². The van der Waals surface area contributed by atoms with Gasteiger partial charge in [-0.05, 0) is 30.6 Å². The van der Waals surface area contributed by atoms with Crippen LogP contribution in [0, 0.1) is 10.1 Å². The molecule has 0 aliphatic carbocycles. The van der Waals surface area contributed by atoms with Crippen molar-refractivity contribution >= 4 is 25.8 Å². The molecule has 1 aromatic carbocycles. The molecule has 1 aliphatic heterocycles. The molecule has 0 saturated carbocycles. The van der Waals surface area contributed by atoms with E-state index in [2.05, 4.69) is 26.1 Å². The Kier molecular flexibility index (Phi) is 4.62. The van der Waals surface area contributed by atoms with Gasteiger partial charge in [-0.2, -0.15) is 0 Å². The van der Waals surface area contributed by atoms with Crippen LogP contribution in [0.25, 0.3) is 0 Å². The van der Waals surface area contributed by atoms with Gasteiger partial charge in [-0.15, -0.1) is 0 Å². The molecule has 2 rings (SSSR count). The maximum absolute atomic E-state index is 11.7. The largest absolute Gasteiger partial charge is 0.539 e. The first-order chi connectivity index (χ1) is 10.9. The van der Waals surface area contributed by atoms with E-state index in [0.29, 0.717) is 17.7 Å². The van der Waals surface area contributed by atoms with Gasteiger partial charge in [-0.25, -0.2) is 4.79 Å². The summed E-state index contributed by atoms with van der Waals surface area (Å²) in [6.45, 7) is 12.0. The molecule has 0 radical (unpaired) electrons. The Bertz CT molecular complexity index is 682. The lowest BCUT2D eigenvalue weighted by Gasteiger charge is -2.36. The van der Waals surface area contributed by atoms with Crippen molar-refractivity contribution in [2.45, 2.75) is 58.4 Å². The molecule has 1 heterocycles. The van der Waals surface area contributed by atoms with Crippen molar-refractivity contribution < 1.29 is 18.9 Å². The third kappa shape index (κ3) is 3.69. The minimum Gasteiger partial charge on any atom is -0.539 e. The lowest BCUT2D eigenvalue weighted by molar-refractivity contribution is -0.385. The van der Waals surface area contributed by atoms with E-state index in [-0.39, 0.29) is 22.6 Å². The second kappa shape index (κ2) is 6.08. The molecule has 24 heavy (non-hydrogen) atoms. The van der Waals surface area contributed by atoms with Gasteiger partial charge in [0.15, 0.2) is 5.75 Å². The Hall–Kier alpha value is -2.09. The summed E-state index contributed by atoms with van der Waals surface area (Å²) in [5, 5.41) is 14.0. The molecule has 1 amide bonds. The molecule has 0 bridgehead atoms. The number of carbonyl (C=O) groups excluding carboxylic acids is 1. The minimum absolute atomic E-state index is 0.0816. The Labute approximate surface area is 142 Å². The number of fused-ring (bicyclic) bond motifs is 1. The number of cyclic esters (lactones) is 1. The molecule has 1 aromatic rings. The van der Waals surface area contributed by atoms with Crippen LogP contribution < -0.4 is 9.74 Å². The number of nitro groups is 1. The van der Waals surface area contributed by atoms with Crippen molar-refractivity contribution in [1.82, 2.24) is 0 Å². The summed E-state index contributed by atoms with van der Waals surface area (Å²) in [4.78, 5) is 22.8.